The second-order valence-corrected chi connectivity index (χ2v) is 5.54. The molecule has 1 aliphatic carbocycles. The predicted octanol–water partition coefficient (Wildman–Crippen LogP) is 1.75. The molecule has 0 spiro atoms. The fourth-order valence-corrected chi connectivity index (χ4v) is 2.93. The van der Waals surface area contributed by atoms with Crippen molar-refractivity contribution in [3.63, 3.8) is 0 Å². The van der Waals surface area contributed by atoms with Crippen molar-refractivity contribution in [3.8, 4) is 0 Å². The van der Waals surface area contributed by atoms with Gasteiger partial charge in [0.25, 0.3) is 11.8 Å². The van der Waals surface area contributed by atoms with Crippen molar-refractivity contribution in [1.29, 1.82) is 0 Å². The summed E-state index contributed by atoms with van der Waals surface area (Å²) in [7, 11) is 1.51. The molecule has 1 aromatic rings. The lowest BCUT2D eigenvalue weighted by molar-refractivity contribution is -0.130. The van der Waals surface area contributed by atoms with Crippen LogP contribution >= 0.6 is 0 Å². The normalized spacial score (nSPS) is 23.8. The molecule has 116 valence electrons. The summed E-state index contributed by atoms with van der Waals surface area (Å²) >= 11 is 0. The quantitative estimate of drug-likeness (QED) is 0.860. The van der Waals surface area contributed by atoms with E-state index in [-0.39, 0.29) is 12.1 Å². The number of fused-ring (bicyclic) bond motifs is 1. The van der Waals surface area contributed by atoms with Crippen LogP contribution in [0, 0.1) is 0 Å². The fraction of sp³-hybridized carbons (Fsp3) is 0.400. The van der Waals surface area contributed by atoms with Crippen LogP contribution in [0.1, 0.15) is 40.0 Å². The van der Waals surface area contributed by atoms with Gasteiger partial charge in [-0.15, -0.1) is 5.06 Å². The van der Waals surface area contributed by atoms with E-state index in [2.05, 4.69) is 0 Å². The molecule has 7 heteroatoms. The zero-order chi connectivity index (χ0) is 15.9. The Morgan fingerprint density at radius 2 is 1.82 bits per heavy atom. The van der Waals surface area contributed by atoms with Gasteiger partial charge >= 0.3 is 6.09 Å². The van der Waals surface area contributed by atoms with E-state index < -0.39 is 17.9 Å². The third-order valence-electron chi connectivity index (χ3n) is 4.22. The molecule has 0 aromatic heterocycles. The van der Waals surface area contributed by atoms with Crippen LogP contribution in [0.3, 0.4) is 0 Å². The summed E-state index contributed by atoms with van der Waals surface area (Å²) in [5.74, 6) is -0.925. The molecule has 1 N–H and O–H groups in total. The van der Waals surface area contributed by atoms with E-state index in [0.29, 0.717) is 30.4 Å². The molecular weight excluding hydrogens is 288 g/mol. The maximum atomic E-state index is 12.2. The Balaban J connectivity index is 1.67. The highest BCUT2D eigenvalue weighted by Gasteiger charge is 2.40. The Kier molecular flexibility index (Phi) is 3.58. The van der Waals surface area contributed by atoms with Gasteiger partial charge < -0.3 is 10.0 Å². The molecule has 0 unspecified atom stereocenters. The number of carboxylic acid groups (broad SMARTS) is 1. The Morgan fingerprint density at radius 1 is 1.23 bits per heavy atom. The van der Waals surface area contributed by atoms with Crippen LogP contribution < -0.4 is 0 Å². The number of amides is 3. The molecule has 7 nitrogen and oxygen atoms in total. The van der Waals surface area contributed by atoms with Gasteiger partial charge in [-0.25, -0.2) is 4.79 Å². The molecule has 1 fully saturated rings. The van der Waals surface area contributed by atoms with Gasteiger partial charge in [-0.05, 0) is 31.4 Å². The lowest BCUT2D eigenvalue weighted by Crippen LogP contribution is -2.36. The van der Waals surface area contributed by atoms with Crippen LogP contribution in [0.2, 0.25) is 0 Å². The van der Waals surface area contributed by atoms with Crippen LogP contribution in [-0.2, 0) is 4.84 Å². The molecular formula is C15H16N2O5. The van der Waals surface area contributed by atoms with E-state index >= 15 is 0 Å². The first-order valence-corrected chi connectivity index (χ1v) is 7.09. The minimum Gasteiger partial charge on any atom is -0.465 e. The second kappa shape index (κ2) is 5.42. The van der Waals surface area contributed by atoms with Gasteiger partial charge in [-0.3, -0.25) is 14.4 Å². The summed E-state index contributed by atoms with van der Waals surface area (Å²) in [6.45, 7) is 0. The molecule has 22 heavy (non-hydrogen) atoms. The number of hydroxylamine groups is 2. The summed E-state index contributed by atoms with van der Waals surface area (Å²) in [6, 6.07) is 6.42. The maximum Gasteiger partial charge on any atom is 0.407 e. The van der Waals surface area contributed by atoms with Gasteiger partial charge in [-0.2, -0.15) is 0 Å². The number of nitrogens with zero attached hydrogens (tertiary/aromatic N) is 2. The molecule has 1 aliphatic heterocycles. The third-order valence-corrected chi connectivity index (χ3v) is 4.22. The van der Waals surface area contributed by atoms with Gasteiger partial charge in [0.1, 0.15) is 0 Å². The highest BCUT2D eigenvalue weighted by Crippen LogP contribution is 2.30. The second-order valence-electron chi connectivity index (χ2n) is 5.54. The van der Waals surface area contributed by atoms with Gasteiger partial charge in [0.15, 0.2) is 0 Å². The van der Waals surface area contributed by atoms with Crippen LogP contribution in [-0.4, -0.2) is 52.2 Å². The van der Waals surface area contributed by atoms with Crippen molar-refractivity contribution >= 4 is 17.9 Å². The van der Waals surface area contributed by atoms with E-state index in [1.54, 1.807) is 24.3 Å². The van der Waals surface area contributed by atoms with Gasteiger partial charge in [0, 0.05) is 13.1 Å². The Hall–Kier alpha value is -2.41. The highest BCUT2D eigenvalue weighted by molar-refractivity contribution is 6.20. The fourth-order valence-electron chi connectivity index (χ4n) is 2.93. The smallest absolute Gasteiger partial charge is 0.407 e. The lowest BCUT2D eigenvalue weighted by atomic mass is 10.1. The molecule has 1 aromatic carbocycles. The largest absolute Gasteiger partial charge is 0.465 e. The number of hydrogen-bond donors (Lipinski definition) is 1. The van der Waals surface area contributed by atoms with Crippen molar-refractivity contribution < 1.29 is 24.3 Å². The number of imide groups is 1. The number of hydrogen-bond acceptors (Lipinski definition) is 4. The van der Waals surface area contributed by atoms with Gasteiger partial charge in [0.05, 0.1) is 17.2 Å². The zero-order valence-electron chi connectivity index (χ0n) is 12.1. The molecule has 3 amide bonds. The maximum absolute atomic E-state index is 12.2. The summed E-state index contributed by atoms with van der Waals surface area (Å²) < 4.78 is 0. The lowest BCUT2D eigenvalue weighted by Gasteiger charge is -2.22. The monoisotopic (exact) mass is 304 g/mol. The average Bonchev–Trinajstić information content (AvgIpc) is 3.06. The number of benzene rings is 1. The minimum atomic E-state index is -0.994. The molecule has 1 heterocycles. The number of carbonyl (C=O) groups is 3. The van der Waals surface area contributed by atoms with Crippen LogP contribution in [0.4, 0.5) is 4.79 Å². The minimum absolute atomic E-state index is 0.155. The molecule has 0 radical (unpaired) electrons. The molecule has 0 bridgehead atoms. The summed E-state index contributed by atoms with van der Waals surface area (Å²) in [5.41, 5.74) is 0.675. The van der Waals surface area contributed by atoms with Crippen molar-refractivity contribution in [2.24, 2.45) is 0 Å². The van der Waals surface area contributed by atoms with E-state index in [4.69, 9.17) is 9.94 Å². The SMILES string of the molecule is CN(C(=O)O)[C@@H]1CC[C@@H](ON2C(=O)c3ccccc3C2=O)C1. The summed E-state index contributed by atoms with van der Waals surface area (Å²) in [6.07, 6.45) is 0.392. The van der Waals surface area contributed by atoms with E-state index in [1.807, 2.05) is 0 Å². The van der Waals surface area contributed by atoms with Crippen molar-refractivity contribution in [2.75, 3.05) is 7.05 Å². The van der Waals surface area contributed by atoms with Gasteiger partial charge in [-0.1, -0.05) is 12.1 Å². The van der Waals surface area contributed by atoms with Crippen LogP contribution in [0.15, 0.2) is 24.3 Å². The number of rotatable bonds is 3. The summed E-state index contributed by atoms with van der Waals surface area (Å²) in [4.78, 5) is 42.1. The number of carbonyl (C=O) groups excluding carboxylic acids is 2. The Labute approximate surface area is 127 Å². The first-order chi connectivity index (χ1) is 10.5. The van der Waals surface area contributed by atoms with Crippen LogP contribution in [0.25, 0.3) is 0 Å². The zero-order valence-corrected chi connectivity index (χ0v) is 12.1. The topological polar surface area (TPSA) is 87.2 Å². The molecule has 0 saturated heterocycles. The van der Waals surface area contributed by atoms with E-state index in [9.17, 15) is 14.4 Å². The Bertz CT molecular complexity index is 610. The van der Waals surface area contributed by atoms with Crippen molar-refractivity contribution in [2.45, 2.75) is 31.4 Å². The predicted molar refractivity (Wildman–Crippen MR) is 75.2 cm³/mol. The van der Waals surface area contributed by atoms with E-state index in [1.165, 1.54) is 11.9 Å². The molecule has 2 atom stereocenters. The van der Waals surface area contributed by atoms with Crippen molar-refractivity contribution in [3.05, 3.63) is 35.4 Å². The van der Waals surface area contributed by atoms with Crippen LogP contribution in [0.5, 0.6) is 0 Å². The molecule has 1 saturated carbocycles. The standard InChI is InChI=1S/C15H16N2O5/c1-16(15(20)21)9-6-7-10(8-9)22-17-13(18)11-4-2-3-5-12(11)14(17)19/h2-5,9-10H,6-8H2,1H3,(H,20,21)/t9-,10-/m1/s1. The average molecular weight is 304 g/mol. The summed E-state index contributed by atoms with van der Waals surface area (Å²) in [5, 5.41) is 9.79. The third kappa shape index (κ3) is 2.33. The highest BCUT2D eigenvalue weighted by atomic mass is 16.7. The Morgan fingerprint density at radius 3 is 2.36 bits per heavy atom. The first kappa shape index (κ1) is 14.5. The van der Waals surface area contributed by atoms with Crippen molar-refractivity contribution in [1.82, 2.24) is 9.96 Å². The first-order valence-electron chi connectivity index (χ1n) is 7.09. The molecule has 3 rings (SSSR count). The molecule has 2 aliphatic rings. The van der Waals surface area contributed by atoms with E-state index in [0.717, 1.165) is 5.06 Å². The van der Waals surface area contributed by atoms with Gasteiger partial charge in [0.2, 0.25) is 0 Å².